The Labute approximate surface area is 111 Å². The highest BCUT2D eigenvalue weighted by molar-refractivity contribution is 7.15. The maximum atomic E-state index is 10.7. The van der Waals surface area contributed by atoms with Crippen LogP contribution in [0.2, 0.25) is 0 Å². The predicted octanol–water partition coefficient (Wildman–Crippen LogP) is 3.27. The molecule has 1 unspecified atom stereocenters. The molecule has 2 heterocycles. The Morgan fingerprint density at radius 2 is 2.22 bits per heavy atom. The van der Waals surface area contributed by atoms with Gasteiger partial charge >= 0.3 is 0 Å². The number of rotatable bonds is 3. The molecule has 2 aromatic heterocycles. The van der Waals surface area contributed by atoms with Crippen molar-refractivity contribution in [2.75, 3.05) is 0 Å². The number of imidazole rings is 1. The number of aliphatic hydroxyl groups is 1. The first-order valence-corrected chi connectivity index (χ1v) is 7.66. The van der Waals surface area contributed by atoms with Gasteiger partial charge in [0.2, 0.25) is 0 Å². The van der Waals surface area contributed by atoms with Crippen LogP contribution in [0.25, 0.3) is 4.96 Å². The van der Waals surface area contributed by atoms with E-state index in [-0.39, 0.29) is 0 Å². The van der Waals surface area contributed by atoms with E-state index in [0.29, 0.717) is 12.3 Å². The van der Waals surface area contributed by atoms with Crippen molar-refractivity contribution in [3.63, 3.8) is 0 Å². The van der Waals surface area contributed by atoms with Crippen molar-refractivity contribution in [2.45, 2.75) is 51.0 Å². The minimum Gasteiger partial charge on any atom is -0.389 e. The van der Waals surface area contributed by atoms with E-state index >= 15 is 0 Å². The number of hydrogen-bond acceptors (Lipinski definition) is 3. The molecule has 1 aliphatic carbocycles. The molecule has 0 spiro atoms. The lowest BCUT2D eigenvalue weighted by Gasteiger charge is -2.35. The number of aromatic nitrogens is 2. The highest BCUT2D eigenvalue weighted by Crippen LogP contribution is 2.34. The molecule has 0 aromatic carbocycles. The molecule has 0 bridgehead atoms. The third-order valence-corrected chi connectivity index (χ3v) is 4.94. The van der Waals surface area contributed by atoms with E-state index in [2.05, 4.69) is 4.98 Å². The second-order valence-corrected chi connectivity index (χ2v) is 6.57. The summed E-state index contributed by atoms with van der Waals surface area (Å²) in [6.07, 6.45) is 10.9. The zero-order chi connectivity index (χ0) is 12.6. The summed E-state index contributed by atoms with van der Waals surface area (Å²) in [6.45, 7) is 1.98. The van der Waals surface area contributed by atoms with Crippen molar-refractivity contribution in [3.05, 3.63) is 23.5 Å². The van der Waals surface area contributed by atoms with E-state index < -0.39 is 5.60 Å². The average molecular weight is 264 g/mol. The summed E-state index contributed by atoms with van der Waals surface area (Å²) in [6, 6.07) is 0. The molecular weight excluding hydrogens is 244 g/mol. The molecule has 3 rings (SSSR count). The number of hydrogen-bond donors (Lipinski definition) is 1. The second-order valence-electron chi connectivity index (χ2n) is 5.69. The van der Waals surface area contributed by atoms with E-state index in [1.165, 1.54) is 19.3 Å². The number of thiazole rings is 1. The van der Waals surface area contributed by atoms with Gasteiger partial charge in [0.1, 0.15) is 0 Å². The minimum absolute atomic E-state index is 0.436. The molecule has 0 saturated heterocycles. The van der Waals surface area contributed by atoms with E-state index in [9.17, 15) is 5.11 Å². The van der Waals surface area contributed by atoms with E-state index in [0.717, 1.165) is 23.5 Å². The number of nitrogens with zero attached hydrogens (tertiary/aromatic N) is 2. The van der Waals surface area contributed by atoms with Crippen LogP contribution in [0.5, 0.6) is 0 Å². The van der Waals surface area contributed by atoms with Crippen LogP contribution in [0, 0.1) is 5.92 Å². The number of fused-ring (bicyclic) bond motifs is 1. The molecule has 1 N–H and O–H groups in total. The van der Waals surface area contributed by atoms with Crippen LogP contribution in [0.15, 0.2) is 17.8 Å². The van der Waals surface area contributed by atoms with Crippen molar-refractivity contribution in [1.29, 1.82) is 0 Å². The zero-order valence-corrected chi connectivity index (χ0v) is 11.6. The molecule has 18 heavy (non-hydrogen) atoms. The fourth-order valence-corrected chi connectivity index (χ4v) is 3.82. The molecule has 1 aliphatic rings. The SMILES string of the molecule is CC(O)(Cc1cn2ccsc2n1)C1CCCCC1. The summed E-state index contributed by atoms with van der Waals surface area (Å²) in [4.78, 5) is 5.59. The monoisotopic (exact) mass is 264 g/mol. The normalized spacial score (nSPS) is 21.2. The zero-order valence-electron chi connectivity index (χ0n) is 10.8. The Kier molecular flexibility index (Phi) is 3.16. The van der Waals surface area contributed by atoms with Crippen LogP contribution >= 0.6 is 11.3 Å². The molecule has 3 nitrogen and oxygen atoms in total. The summed E-state index contributed by atoms with van der Waals surface area (Å²) in [5.41, 5.74) is 0.405. The van der Waals surface area contributed by atoms with E-state index in [4.69, 9.17) is 0 Å². The second kappa shape index (κ2) is 4.67. The summed E-state index contributed by atoms with van der Waals surface area (Å²) < 4.78 is 2.04. The predicted molar refractivity (Wildman–Crippen MR) is 74.0 cm³/mol. The molecule has 4 heteroatoms. The minimum atomic E-state index is -0.607. The summed E-state index contributed by atoms with van der Waals surface area (Å²) >= 11 is 1.64. The maximum Gasteiger partial charge on any atom is 0.193 e. The molecule has 98 valence electrons. The third kappa shape index (κ3) is 2.31. The van der Waals surface area contributed by atoms with Crippen molar-refractivity contribution in [1.82, 2.24) is 9.38 Å². The van der Waals surface area contributed by atoms with Crippen LogP contribution in [0.1, 0.15) is 44.7 Å². The average Bonchev–Trinajstić information content (AvgIpc) is 2.90. The van der Waals surface area contributed by atoms with Gasteiger partial charge in [0.25, 0.3) is 0 Å². The lowest BCUT2D eigenvalue weighted by molar-refractivity contribution is -0.0166. The van der Waals surface area contributed by atoms with Crippen molar-refractivity contribution < 1.29 is 5.11 Å². The van der Waals surface area contributed by atoms with E-state index in [1.807, 2.05) is 29.1 Å². The molecule has 0 amide bonds. The van der Waals surface area contributed by atoms with Crippen molar-refractivity contribution in [3.8, 4) is 0 Å². The van der Waals surface area contributed by atoms with Gasteiger partial charge in [0, 0.05) is 24.2 Å². The smallest absolute Gasteiger partial charge is 0.193 e. The highest BCUT2D eigenvalue weighted by Gasteiger charge is 2.33. The third-order valence-electron chi connectivity index (χ3n) is 4.17. The summed E-state index contributed by atoms with van der Waals surface area (Å²) in [5.74, 6) is 0.436. The molecule has 1 atom stereocenters. The summed E-state index contributed by atoms with van der Waals surface area (Å²) in [5, 5.41) is 12.7. The lowest BCUT2D eigenvalue weighted by atomic mass is 9.76. The Hall–Kier alpha value is -0.870. The fraction of sp³-hybridized carbons (Fsp3) is 0.643. The quantitative estimate of drug-likeness (QED) is 0.924. The lowest BCUT2D eigenvalue weighted by Crippen LogP contribution is -2.38. The van der Waals surface area contributed by atoms with Gasteiger partial charge in [0.15, 0.2) is 4.96 Å². The molecule has 0 radical (unpaired) electrons. The molecular formula is C14H20N2OS. The van der Waals surface area contributed by atoms with Gasteiger partial charge in [-0.1, -0.05) is 19.3 Å². The highest BCUT2D eigenvalue weighted by atomic mass is 32.1. The van der Waals surface area contributed by atoms with E-state index in [1.54, 1.807) is 11.3 Å². The molecule has 1 fully saturated rings. The Bertz CT molecular complexity index is 494. The Balaban J connectivity index is 1.75. The first-order valence-electron chi connectivity index (χ1n) is 6.78. The Morgan fingerprint density at radius 1 is 1.44 bits per heavy atom. The van der Waals surface area contributed by atoms with Crippen molar-refractivity contribution in [2.24, 2.45) is 5.92 Å². The van der Waals surface area contributed by atoms with Gasteiger partial charge in [-0.15, -0.1) is 11.3 Å². The first kappa shape index (κ1) is 12.2. The van der Waals surface area contributed by atoms with Crippen molar-refractivity contribution >= 4 is 16.3 Å². The van der Waals surface area contributed by atoms with Gasteiger partial charge in [-0.25, -0.2) is 4.98 Å². The van der Waals surface area contributed by atoms with Crippen LogP contribution in [0.4, 0.5) is 0 Å². The summed E-state index contributed by atoms with van der Waals surface area (Å²) in [7, 11) is 0. The largest absolute Gasteiger partial charge is 0.389 e. The standard InChI is InChI=1S/C14H20N2OS/c1-14(17,11-5-3-2-4-6-11)9-12-10-16-7-8-18-13(16)15-12/h7-8,10-11,17H,2-6,9H2,1H3. The fourth-order valence-electron chi connectivity index (χ4n) is 3.10. The van der Waals surface area contributed by atoms with Gasteiger partial charge in [-0.05, 0) is 25.7 Å². The van der Waals surface area contributed by atoms with Crippen LogP contribution < -0.4 is 0 Å². The van der Waals surface area contributed by atoms with Crippen LogP contribution in [-0.4, -0.2) is 20.1 Å². The van der Waals surface area contributed by atoms with Gasteiger partial charge < -0.3 is 5.11 Å². The topological polar surface area (TPSA) is 37.5 Å². The maximum absolute atomic E-state index is 10.7. The van der Waals surface area contributed by atoms with Crippen LogP contribution in [0.3, 0.4) is 0 Å². The molecule has 1 saturated carbocycles. The van der Waals surface area contributed by atoms with Crippen LogP contribution in [-0.2, 0) is 6.42 Å². The van der Waals surface area contributed by atoms with Gasteiger partial charge in [-0.2, -0.15) is 0 Å². The molecule has 0 aliphatic heterocycles. The first-order chi connectivity index (χ1) is 8.65. The molecule has 2 aromatic rings. The van der Waals surface area contributed by atoms with Gasteiger partial charge in [-0.3, -0.25) is 4.40 Å². The van der Waals surface area contributed by atoms with Gasteiger partial charge in [0.05, 0.1) is 11.3 Å². The Morgan fingerprint density at radius 3 is 2.94 bits per heavy atom.